The molecule has 1 aromatic carbocycles. The highest BCUT2D eigenvalue weighted by molar-refractivity contribution is 5.87. The van der Waals surface area contributed by atoms with Crippen LogP contribution in [0.1, 0.15) is 50.5 Å². The Balaban J connectivity index is 1.52. The van der Waals surface area contributed by atoms with E-state index in [1.165, 1.54) is 17.0 Å². The number of cyclic esters (lactones) is 1. The molecule has 7 nitrogen and oxygen atoms in total. The second kappa shape index (κ2) is 8.70. The molecule has 3 fully saturated rings. The molecule has 9 heteroatoms. The lowest BCUT2D eigenvalue weighted by Crippen LogP contribution is -2.56. The van der Waals surface area contributed by atoms with Crippen LogP contribution in [0.25, 0.3) is 0 Å². The van der Waals surface area contributed by atoms with Crippen LogP contribution in [0, 0.1) is 11.6 Å². The van der Waals surface area contributed by atoms with Gasteiger partial charge in [-0.15, -0.1) is 0 Å². The van der Waals surface area contributed by atoms with E-state index in [9.17, 15) is 23.5 Å². The standard InChI is InChI=1S/C22H29F2N3O4/c1-2-3-7-27-12-18(31-21(27)30)20(29)26-22(19(28)17-5-4-6-25-17)11-16(22)13-8-14(23)10-15(24)9-13/h8-10,16-19,25,28H,2-7,11-12H2,1H3,(H,26,29)/t16-,17+,18?,19+,22?/m0/s1. The van der Waals surface area contributed by atoms with Crippen molar-refractivity contribution in [2.24, 2.45) is 0 Å². The number of rotatable bonds is 8. The molecule has 4 rings (SSSR count). The predicted octanol–water partition coefficient (Wildman–Crippen LogP) is 2.04. The van der Waals surface area contributed by atoms with Crippen LogP contribution in [-0.2, 0) is 9.53 Å². The second-order valence-corrected chi connectivity index (χ2v) is 8.81. The van der Waals surface area contributed by atoms with Crippen LogP contribution >= 0.6 is 0 Å². The second-order valence-electron chi connectivity index (χ2n) is 8.81. The van der Waals surface area contributed by atoms with E-state index in [-0.39, 0.29) is 12.6 Å². The van der Waals surface area contributed by atoms with Crippen LogP contribution in [0.4, 0.5) is 13.6 Å². The Morgan fingerprint density at radius 2 is 2.13 bits per heavy atom. The zero-order chi connectivity index (χ0) is 22.2. The van der Waals surface area contributed by atoms with E-state index < -0.39 is 47.3 Å². The summed E-state index contributed by atoms with van der Waals surface area (Å²) in [4.78, 5) is 26.6. The number of carbonyl (C=O) groups excluding carboxylic acids is 2. The highest BCUT2D eigenvalue weighted by Gasteiger charge is 2.63. The number of nitrogens with one attached hydrogen (secondary N) is 2. The number of carbonyl (C=O) groups is 2. The fraction of sp³-hybridized carbons (Fsp3) is 0.636. The first-order valence-electron chi connectivity index (χ1n) is 11.0. The van der Waals surface area contributed by atoms with Gasteiger partial charge in [0, 0.05) is 24.6 Å². The van der Waals surface area contributed by atoms with Crippen LogP contribution in [0.15, 0.2) is 18.2 Å². The number of nitrogens with zero attached hydrogens (tertiary/aromatic N) is 1. The highest BCUT2D eigenvalue weighted by Crippen LogP contribution is 2.55. The van der Waals surface area contributed by atoms with Crippen LogP contribution in [0.5, 0.6) is 0 Å². The zero-order valence-electron chi connectivity index (χ0n) is 17.6. The maximum absolute atomic E-state index is 13.8. The maximum Gasteiger partial charge on any atom is 0.410 e. The van der Waals surface area contributed by atoms with Crippen LogP contribution in [-0.4, -0.2) is 65.4 Å². The lowest BCUT2D eigenvalue weighted by Gasteiger charge is -2.30. The molecule has 2 amide bonds. The number of hydrogen-bond donors (Lipinski definition) is 3. The molecule has 0 aromatic heterocycles. The molecule has 1 aliphatic carbocycles. The third-order valence-corrected chi connectivity index (χ3v) is 6.62. The van der Waals surface area contributed by atoms with Crippen molar-refractivity contribution >= 4 is 12.0 Å². The summed E-state index contributed by atoms with van der Waals surface area (Å²) in [7, 11) is 0. The zero-order valence-corrected chi connectivity index (χ0v) is 17.6. The maximum atomic E-state index is 13.8. The third-order valence-electron chi connectivity index (χ3n) is 6.62. The Kier molecular flexibility index (Phi) is 6.16. The Morgan fingerprint density at radius 3 is 2.77 bits per heavy atom. The fourth-order valence-corrected chi connectivity index (χ4v) is 4.84. The van der Waals surface area contributed by atoms with E-state index in [0.29, 0.717) is 18.5 Å². The third kappa shape index (κ3) is 4.39. The Bertz CT molecular complexity index is 828. The molecular weight excluding hydrogens is 408 g/mol. The number of unbranched alkanes of at least 4 members (excludes halogenated alkanes) is 1. The predicted molar refractivity (Wildman–Crippen MR) is 108 cm³/mol. The quantitative estimate of drug-likeness (QED) is 0.579. The minimum Gasteiger partial charge on any atom is -0.434 e. The van der Waals surface area contributed by atoms with Crippen molar-refractivity contribution < 1.29 is 28.2 Å². The summed E-state index contributed by atoms with van der Waals surface area (Å²) in [5.74, 6) is -2.34. The molecule has 3 N–H and O–H groups in total. The van der Waals surface area contributed by atoms with Gasteiger partial charge in [-0.1, -0.05) is 13.3 Å². The highest BCUT2D eigenvalue weighted by atomic mass is 19.1. The van der Waals surface area contributed by atoms with E-state index in [1.807, 2.05) is 6.92 Å². The summed E-state index contributed by atoms with van der Waals surface area (Å²) in [5.41, 5.74) is -0.675. The fourth-order valence-electron chi connectivity index (χ4n) is 4.84. The van der Waals surface area contributed by atoms with E-state index in [2.05, 4.69) is 10.6 Å². The van der Waals surface area contributed by atoms with Gasteiger partial charge in [0.05, 0.1) is 18.2 Å². The number of aliphatic hydroxyl groups is 1. The van der Waals surface area contributed by atoms with E-state index in [1.54, 1.807) is 0 Å². The van der Waals surface area contributed by atoms with Gasteiger partial charge < -0.3 is 25.4 Å². The summed E-state index contributed by atoms with van der Waals surface area (Å²) >= 11 is 0. The molecule has 2 unspecified atom stereocenters. The summed E-state index contributed by atoms with van der Waals surface area (Å²) in [6.07, 6.45) is 1.27. The molecule has 2 heterocycles. The minimum absolute atomic E-state index is 0.151. The summed E-state index contributed by atoms with van der Waals surface area (Å²) in [5, 5.41) is 17.3. The molecule has 0 bridgehead atoms. The van der Waals surface area contributed by atoms with Gasteiger partial charge in [-0.05, 0) is 49.9 Å². The van der Waals surface area contributed by atoms with E-state index in [4.69, 9.17) is 4.74 Å². The van der Waals surface area contributed by atoms with Crippen molar-refractivity contribution in [1.82, 2.24) is 15.5 Å². The largest absolute Gasteiger partial charge is 0.434 e. The van der Waals surface area contributed by atoms with Crippen molar-refractivity contribution in [1.29, 1.82) is 0 Å². The van der Waals surface area contributed by atoms with Gasteiger partial charge in [0.25, 0.3) is 5.91 Å². The number of hydrogen-bond acceptors (Lipinski definition) is 5. The first kappa shape index (κ1) is 22.0. The summed E-state index contributed by atoms with van der Waals surface area (Å²) in [6, 6.07) is 3.04. The lowest BCUT2D eigenvalue weighted by atomic mass is 9.94. The number of aliphatic hydroxyl groups excluding tert-OH is 1. The van der Waals surface area contributed by atoms with Crippen molar-refractivity contribution in [2.75, 3.05) is 19.6 Å². The number of amides is 2. The average Bonchev–Trinajstić information content (AvgIpc) is 3.04. The minimum atomic E-state index is -1.07. The Hall–Kier alpha value is -2.26. The van der Waals surface area contributed by atoms with E-state index >= 15 is 0 Å². The SMILES string of the molecule is CCCCN1CC(C(=O)NC2([C@H](O)[C@H]3CCCN3)C[C@H]2c2cc(F)cc(F)c2)OC1=O. The molecular formula is C22H29F2N3O4. The van der Waals surface area contributed by atoms with Crippen molar-refractivity contribution in [3.63, 3.8) is 0 Å². The van der Waals surface area contributed by atoms with Gasteiger partial charge in [0.2, 0.25) is 0 Å². The number of ether oxygens (including phenoxy) is 1. The van der Waals surface area contributed by atoms with E-state index in [0.717, 1.165) is 38.3 Å². The first-order valence-corrected chi connectivity index (χ1v) is 11.0. The molecule has 170 valence electrons. The van der Waals surface area contributed by atoms with Gasteiger partial charge in [-0.25, -0.2) is 13.6 Å². The lowest BCUT2D eigenvalue weighted by molar-refractivity contribution is -0.130. The van der Waals surface area contributed by atoms with Gasteiger partial charge in [0.15, 0.2) is 6.10 Å². The van der Waals surface area contributed by atoms with Gasteiger partial charge >= 0.3 is 6.09 Å². The Morgan fingerprint density at radius 1 is 1.39 bits per heavy atom. The van der Waals surface area contributed by atoms with Crippen LogP contribution in [0.2, 0.25) is 0 Å². The Labute approximate surface area is 180 Å². The molecule has 0 radical (unpaired) electrons. The van der Waals surface area contributed by atoms with Crippen LogP contribution < -0.4 is 10.6 Å². The molecule has 1 saturated carbocycles. The monoisotopic (exact) mass is 437 g/mol. The topological polar surface area (TPSA) is 90.9 Å². The smallest absolute Gasteiger partial charge is 0.410 e. The summed E-state index contributed by atoms with van der Waals surface area (Å²) in [6.45, 7) is 3.44. The first-order chi connectivity index (χ1) is 14.8. The van der Waals surface area contributed by atoms with Crippen molar-refractivity contribution in [3.8, 4) is 0 Å². The van der Waals surface area contributed by atoms with Gasteiger partial charge in [-0.3, -0.25) is 4.79 Å². The average molecular weight is 437 g/mol. The molecule has 2 aliphatic heterocycles. The van der Waals surface area contributed by atoms with Gasteiger partial charge in [0.1, 0.15) is 11.6 Å². The normalized spacial score (nSPS) is 30.9. The van der Waals surface area contributed by atoms with Crippen molar-refractivity contribution in [2.45, 2.75) is 68.7 Å². The molecule has 31 heavy (non-hydrogen) atoms. The summed E-state index contributed by atoms with van der Waals surface area (Å²) < 4.78 is 32.9. The van der Waals surface area contributed by atoms with Crippen LogP contribution in [0.3, 0.4) is 0 Å². The number of halogens is 2. The number of benzene rings is 1. The molecule has 3 aliphatic rings. The molecule has 5 atom stereocenters. The molecule has 2 saturated heterocycles. The van der Waals surface area contributed by atoms with Gasteiger partial charge in [-0.2, -0.15) is 0 Å². The van der Waals surface area contributed by atoms with Crippen molar-refractivity contribution in [3.05, 3.63) is 35.4 Å². The molecule has 0 spiro atoms. The molecule has 1 aromatic rings.